The van der Waals surface area contributed by atoms with E-state index < -0.39 is 0 Å². The zero-order valence-electron chi connectivity index (χ0n) is 17.4. The molecule has 3 aromatic rings. The predicted molar refractivity (Wildman–Crippen MR) is 120 cm³/mol. The Hall–Kier alpha value is -3.34. The second-order valence-corrected chi connectivity index (χ2v) is 7.49. The Morgan fingerprint density at radius 2 is 1.52 bits per heavy atom. The number of hydrogen-bond donors (Lipinski definition) is 2. The quantitative estimate of drug-likeness (QED) is 0.671. The SMILES string of the molecule is Cc1cc(C)c(NC(=O)CNC(=O)CN(C)c2ccc3ccccc3c2)c(C)c1. The largest absolute Gasteiger partial charge is 0.365 e. The normalized spacial score (nSPS) is 10.6. The van der Waals surface area contributed by atoms with Crippen LogP contribution in [0.5, 0.6) is 0 Å². The van der Waals surface area contributed by atoms with Crippen LogP contribution < -0.4 is 15.5 Å². The molecule has 0 atom stereocenters. The van der Waals surface area contributed by atoms with Crippen LogP contribution in [0.2, 0.25) is 0 Å². The van der Waals surface area contributed by atoms with Crippen LogP contribution in [-0.4, -0.2) is 32.0 Å². The van der Waals surface area contributed by atoms with Crippen molar-refractivity contribution in [1.29, 1.82) is 0 Å². The van der Waals surface area contributed by atoms with Gasteiger partial charge in [-0.15, -0.1) is 0 Å². The molecule has 0 saturated heterocycles. The number of fused-ring (bicyclic) bond motifs is 1. The molecule has 0 bridgehead atoms. The fraction of sp³-hybridized carbons (Fsp3) is 0.250. The van der Waals surface area contributed by atoms with Crippen molar-refractivity contribution in [3.8, 4) is 0 Å². The first-order valence-corrected chi connectivity index (χ1v) is 9.68. The topological polar surface area (TPSA) is 61.4 Å². The van der Waals surface area contributed by atoms with Crippen molar-refractivity contribution < 1.29 is 9.59 Å². The van der Waals surface area contributed by atoms with E-state index in [1.807, 2.05) is 75.2 Å². The molecule has 0 aromatic heterocycles. The van der Waals surface area contributed by atoms with Crippen molar-refractivity contribution in [2.24, 2.45) is 0 Å². The fourth-order valence-electron chi connectivity index (χ4n) is 3.52. The summed E-state index contributed by atoms with van der Waals surface area (Å²) in [7, 11) is 1.86. The van der Waals surface area contributed by atoms with Gasteiger partial charge >= 0.3 is 0 Å². The van der Waals surface area contributed by atoms with E-state index in [1.54, 1.807) is 0 Å². The minimum Gasteiger partial charge on any atom is -0.365 e. The third kappa shape index (κ3) is 5.13. The number of carbonyl (C=O) groups excluding carboxylic acids is 2. The molecule has 0 aliphatic heterocycles. The second kappa shape index (κ2) is 8.78. The zero-order chi connectivity index (χ0) is 21.0. The van der Waals surface area contributed by atoms with Gasteiger partial charge in [-0.1, -0.05) is 48.0 Å². The molecule has 0 heterocycles. The number of benzene rings is 3. The molecule has 29 heavy (non-hydrogen) atoms. The Labute approximate surface area is 171 Å². The summed E-state index contributed by atoms with van der Waals surface area (Å²) in [5, 5.41) is 7.88. The van der Waals surface area contributed by atoms with Crippen molar-refractivity contribution in [1.82, 2.24) is 5.32 Å². The van der Waals surface area contributed by atoms with Crippen LogP contribution in [0.4, 0.5) is 11.4 Å². The lowest BCUT2D eigenvalue weighted by Crippen LogP contribution is -2.39. The summed E-state index contributed by atoms with van der Waals surface area (Å²) < 4.78 is 0. The maximum Gasteiger partial charge on any atom is 0.243 e. The molecule has 0 radical (unpaired) electrons. The van der Waals surface area contributed by atoms with Crippen molar-refractivity contribution in [2.75, 3.05) is 30.4 Å². The van der Waals surface area contributed by atoms with Crippen LogP contribution in [0.3, 0.4) is 0 Å². The van der Waals surface area contributed by atoms with Gasteiger partial charge in [0, 0.05) is 18.4 Å². The second-order valence-electron chi connectivity index (χ2n) is 7.49. The number of nitrogens with one attached hydrogen (secondary N) is 2. The zero-order valence-corrected chi connectivity index (χ0v) is 17.4. The van der Waals surface area contributed by atoms with E-state index in [2.05, 4.69) is 22.8 Å². The lowest BCUT2D eigenvalue weighted by atomic mass is 10.1. The smallest absolute Gasteiger partial charge is 0.243 e. The van der Waals surface area contributed by atoms with E-state index in [1.165, 1.54) is 0 Å². The molecule has 150 valence electrons. The van der Waals surface area contributed by atoms with Crippen molar-refractivity contribution in [3.05, 3.63) is 71.3 Å². The Balaban J connectivity index is 1.54. The van der Waals surface area contributed by atoms with E-state index in [0.717, 1.165) is 38.8 Å². The molecule has 5 nitrogen and oxygen atoms in total. The number of hydrogen-bond acceptors (Lipinski definition) is 3. The molecule has 0 fully saturated rings. The maximum atomic E-state index is 12.3. The Morgan fingerprint density at radius 3 is 2.21 bits per heavy atom. The summed E-state index contributed by atoms with van der Waals surface area (Å²) in [4.78, 5) is 26.4. The van der Waals surface area contributed by atoms with Crippen LogP contribution >= 0.6 is 0 Å². The van der Waals surface area contributed by atoms with Crippen LogP contribution in [-0.2, 0) is 9.59 Å². The van der Waals surface area contributed by atoms with Crippen LogP contribution in [0.1, 0.15) is 16.7 Å². The fourth-order valence-corrected chi connectivity index (χ4v) is 3.52. The summed E-state index contributed by atoms with van der Waals surface area (Å²) in [5.74, 6) is -0.435. The van der Waals surface area contributed by atoms with E-state index in [9.17, 15) is 9.59 Å². The van der Waals surface area contributed by atoms with Crippen LogP contribution in [0.15, 0.2) is 54.6 Å². The van der Waals surface area contributed by atoms with E-state index in [4.69, 9.17) is 0 Å². The number of aryl methyl sites for hydroxylation is 3. The summed E-state index contributed by atoms with van der Waals surface area (Å²) >= 11 is 0. The van der Waals surface area contributed by atoms with Gasteiger partial charge in [0.05, 0.1) is 13.1 Å². The third-order valence-corrected chi connectivity index (χ3v) is 4.94. The highest BCUT2D eigenvalue weighted by atomic mass is 16.2. The van der Waals surface area contributed by atoms with Crippen molar-refractivity contribution in [3.63, 3.8) is 0 Å². The number of likely N-dealkylation sites (N-methyl/N-ethyl adjacent to an activating group) is 1. The molecule has 5 heteroatoms. The van der Waals surface area contributed by atoms with Gasteiger partial charge < -0.3 is 15.5 Å². The van der Waals surface area contributed by atoms with Gasteiger partial charge in [-0.3, -0.25) is 9.59 Å². The lowest BCUT2D eigenvalue weighted by molar-refractivity contribution is -0.123. The summed E-state index contributed by atoms with van der Waals surface area (Å²) in [6.07, 6.45) is 0. The summed E-state index contributed by atoms with van der Waals surface area (Å²) in [6, 6.07) is 18.2. The Bertz CT molecular complexity index is 1040. The molecule has 2 amide bonds. The molecular weight excluding hydrogens is 362 g/mol. The standard InChI is InChI=1S/C24H27N3O2/c1-16-11-17(2)24(18(3)12-16)26-22(28)14-25-23(29)15-27(4)21-10-9-19-7-5-6-8-20(19)13-21/h5-13H,14-15H2,1-4H3,(H,25,29)(H,26,28). The predicted octanol–water partition coefficient (Wildman–Crippen LogP) is 3.96. The third-order valence-electron chi connectivity index (χ3n) is 4.94. The minimum atomic E-state index is -0.234. The number of amides is 2. The average Bonchev–Trinajstić information content (AvgIpc) is 2.68. The summed E-state index contributed by atoms with van der Waals surface area (Å²) in [6.45, 7) is 6.07. The highest BCUT2D eigenvalue weighted by molar-refractivity contribution is 5.96. The van der Waals surface area contributed by atoms with Gasteiger partial charge in [0.25, 0.3) is 0 Å². The van der Waals surface area contributed by atoms with Gasteiger partial charge in [-0.05, 0) is 54.8 Å². The van der Waals surface area contributed by atoms with E-state index >= 15 is 0 Å². The summed E-state index contributed by atoms with van der Waals surface area (Å²) in [5.41, 5.74) is 4.94. The van der Waals surface area contributed by atoms with Gasteiger partial charge in [-0.2, -0.15) is 0 Å². The first-order chi connectivity index (χ1) is 13.8. The first kappa shape index (κ1) is 20.4. The lowest BCUT2D eigenvalue weighted by Gasteiger charge is -2.19. The molecule has 2 N–H and O–H groups in total. The van der Waals surface area contributed by atoms with Gasteiger partial charge in [0.15, 0.2) is 0 Å². The number of nitrogens with zero attached hydrogens (tertiary/aromatic N) is 1. The molecular formula is C24H27N3O2. The van der Waals surface area contributed by atoms with Crippen molar-refractivity contribution in [2.45, 2.75) is 20.8 Å². The van der Waals surface area contributed by atoms with Crippen LogP contribution in [0.25, 0.3) is 10.8 Å². The van der Waals surface area contributed by atoms with E-state index in [-0.39, 0.29) is 24.9 Å². The number of anilines is 2. The molecule has 0 spiro atoms. The highest BCUT2D eigenvalue weighted by Crippen LogP contribution is 2.22. The maximum absolute atomic E-state index is 12.3. The minimum absolute atomic E-state index is 0.0584. The molecule has 0 aliphatic carbocycles. The molecule has 0 aliphatic rings. The molecule has 0 unspecified atom stereocenters. The van der Waals surface area contributed by atoms with Crippen LogP contribution in [0, 0.1) is 20.8 Å². The van der Waals surface area contributed by atoms with E-state index in [0.29, 0.717) is 0 Å². The number of carbonyl (C=O) groups is 2. The Kier molecular flexibility index (Phi) is 6.17. The van der Waals surface area contributed by atoms with Crippen molar-refractivity contribution >= 4 is 34.0 Å². The number of rotatable bonds is 6. The Morgan fingerprint density at radius 1 is 0.862 bits per heavy atom. The molecule has 3 aromatic carbocycles. The average molecular weight is 389 g/mol. The first-order valence-electron chi connectivity index (χ1n) is 9.68. The molecule has 3 rings (SSSR count). The molecule has 0 saturated carbocycles. The van der Waals surface area contributed by atoms with Gasteiger partial charge in [-0.25, -0.2) is 0 Å². The van der Waals surface area contributed by atoms with Gasteiger partial charge in [0.1, 0.15) is 0 Å². The van der Waals surface area contributed by atoms with Gasteiger partial charge in [0.2, 0.25) is 11.8 Å². The monoisotopic (exact) mass is 389 g/mol. The highest BCUT2D eigenvalue weighted by Gasteiger charge is 2.12.